The molecule has 1 N–H and O–H groups in total. The molecule has 0 atom stereocenters. The highest BCUT2D eigenvalue weighted by Gasteiger charge is 2.21. The molecule has 0 aromatic heterocycles. The average Bonchev–Trinajstić information content (AvgIpc) is 3.26. The summed E-state index contributed by atoms with van der Waals surface area (Å²) in [6.07, 6.45) is 2.52. The Kier molecular flexibility index (Phi) is 4.18. The second-order valence-corrected chi connectivity index (χ2v) is 6.13. The number of ether oxygens (including phenoxy) is 1. The molecule has 0 bridgehead atoms. The van der Waals surface area contributed by atoms with Gasteiger partial charge in [0.2, 0.25) is 0 Å². The summed E-state index contributed by atoms with van der Waals surface area (Å²) < 4.78 is 6.05. The summed E-state index contributed by atoms with van der Waals surface area (Å²) in [6, 6.07) is 12.6. The Morgan fingerprint density at radius 1 is 1.14 bits per heavy atom. The number of benzene rings is 2. The van der Waals surface area contributed by atoms with Crippen molar-refractivity contribution in [1.29, 1.82) is 0 Å². The summed E-state index contributed by atoms with van der Waals surface area (Å²) in [4.78, 5) is 0. The van der Waals surface area contributed by atoms with E-state index >= 15 is 0 Å². The Morgan fingerprint density at radius 2 is 1.95 bits per heavy atom. The quantitative estimate of drug-likeness (QED) is 0.839. The predicted octanol–water partition coefficient (Wildman–Crippen LogP) is 5.00. The van der Waals surface area contributed by atoms with Crippen molar-refractivity contribution in [3.8, 4) is 11.5 Å². The maximum Gasteiger partial charge on any atom is 0.133 e. The van der Waals surface area contributed by atoms with Gasteiger partial charge in [-0.25, -0.2) is 0 Å². The Morgan fingerprint density at radius 3 is 2.67 bits per heavy atom. The summed E-state index contributed by atoms with van der Waals surface area (Å²) in [7, 11) is 0. The minimum absolute atomic E-state index is 0.649. The van der Waals surface area contributed by atoms with Gasteiger partial charge in [0.25, 0.3) is 0 Å². The van der Waals surface area contributed by atoms with E-state index in [0.29, 0.717) is 6.04 Å². The van der Waals surface area contributed by atoms with E-state index in [1.807, 2.05) is 24.3 Å². The van der Waals surface area contributed by atoms with E-state index in [1.165, 1.54) is 24.0 Å². The summed E-state index contributed by atoms with van der Waals surface area (Å²) in [5, 5.41) is 4.25. The van der Waals surface area contributed by atoms with Crippen LogP contribution in [0.25, 0.3) is 0 Å². The first-order valence-corrected chi connectivity index (χ1v) is 7.77. The summed E-state index contributed by atoms with van der Waals surface area (Å²) in [5.41, 5.74) is 3.53. The van der Waals surface area contributed by atoms with Crippen molar-refractivity contribution in [2.45, 2.75) is 39.3 Å². The number of nitrogens with one attached hydrogen (secondary N) is 1. The molecule has 1 saturated carbocycles. The first-order chi connectivity index (χ1) is 10.1. The van der Waals surface area contributed by atoms with Crippen LogP contribution in [0.5, 0.6) is 11.5 Å². The molecule has 0 saturated heterocycles. The number of hydrogen-bond acceptors (Lipinski definition) is 2. The molecule has 1 aliphatic carbocycles. The van der Waals surface area contributed by atoms with Gasteiger partial charge < -0.3 is 10.1 Å². The molecule has 0 aliphatic heterocycles. The molecule has 2 aromatic carbocycles. The highest BCUT2D eigenvalue weighted by molar-refractivity contribution is 6.31. The number of rotatable bonds is 5. The third kappa shape index (κ3) is 3.58. The molecule has 0 radical (unpaired) electrons. The van der Waals surface area contributed by atoms with Gasteiger partial charge in [0, 0.05) is 23.2 Å². The Bertz CT molecular complexity index is 650. The predicted molar refractivity (Wildman–Crippen MR) is 87.3 cm³/mol. The van der Waals surface area contributed by atoms with Crippen LogP contribution in [0.1, 0.15) is 29.5 Å². The average molecular weight is 302 g/mol. The first-order valence-electron chi connectivity index (χ1n) is 7.39. The van der Waals surface area contributed by atoms with E-state index in [-0.39, 0.29) is 0 Å². The number of aryl methyl sites for hydroxylation is 2. The Balaban J connectivity index is 1.82. The molecule has 1 aliphatic rings. The van der Waals surface area contributed by atoms with Gasteiger partial charge in [-0.2, -0.15) is 0 Å². The second-order valence-electron chi connectivity index (χ2n) is 5.72. The molecule has 21 heavy (non-hydrogen) atoms. The van der Waals surface area contributed by atoms with Crippen molar-refractivity contribution < 1.29 is 4.74 Å². The highest BCUT2D eigenvalue weighted by atomic mass is 35.5. The molecule has 2 nitrogen and oxygen atoms in total. The van der Waals surface area contributed by atoms with Crippen molar-refractivity contribution in [2.75, 3.05) is 0 Å². The fraction of sp³-hybridized carbons (Fsp3) is 0.333. The molecule has 0 heterocycles. The molecule has 110 valence electrons. The maximum absolute atomic E-state index is 6.34. The lowest BCUT2D eigenvalue weighted by Gasteiger charge is -2.14. The van der Waals surface area contributed by atoms with Crippen LogP contribution in [0.4, 0.5) is 0 Å². The largest absolute Gasteiger partial charge is 0.457 e. The standard InChI is InChI=1S/C18H20ClNO/c1-12-6-9-15(10-13(12)2)21-18-5-3-4-17(19)16(18)11-20-14-7-8-14/h3-6,9-10,14,20H,7-8,11H2,1-2H3. The van der Waals surface area contributed by atoms with Gasteiger partial charge in [-0.1, -0.05) is 23.7 Å². The number of hydrogen-bond donors (Lipinski definition) is 1. The van der Waals surface area contributed by atoms with Crippen molar-refractivity contribution >= 4 is 11.6 Å². The molecule has 3 heteroatoms. The molecule has 3 rings (SSSR count). The molecular weight excluding hydrogens is 282 g/mol. The van der Waals surface area contributed by atoms with Crippen molar-refractivity contribution in [1.82, 2.24) is 5.32 Å². The van der Waals surface area contributed by atoms with Crippen molar-refractivity contribution in [3.05, 3.63) is 58.1 Å². The SMILES string of the molecule is Cc1ccc(Oc2cccc(Cl)c2CNC2CC2)cc1C. The second kappa shape index (κ2) is 6.08. The van der Waals surface area contributed by atoms with Crippen LogP contribution in [0.15, 0.2) is 36.4 Å². The summed E-state index contributed by atoms with van der Waals surface area (Å²) in [5.74, 6) is 1.69. The summed E-state index contributed by atoms with van der Waals surface area (Å²) in [6.45, 7) is 4.95. The van der Waals surface area contributed by atoms with Crippen LogP contribution in [-0.4, -0.2) is 6.04 Å². The smallest absolute Gasteiger partial charge is 0.133 e. The zero-order valence-electron chi connectivity index (χ0n) is 12.4. The van der Waals surface area contributed by atoms with Gasteiger partial charge >= 0.3 is 0 Å². The molecule has 2 aromatic rings. The molecule has 1 fully saturated rings. The lowest BCUT2D eigenvalue weighted by molar-refractivity contribution is 0.472. The lowest BCUT2D eigenvalue weighted by atomic mass is 10.1. The zero-order chi connectivity index (χ0) is 14.8. The van der Waals surface area contributed by atoms with Gasteiger partial charge in [0.15, 0.2) is 0 Å². The Labute approximate surface area is 131 Å². The van der Waals surface area contributed by atoms with Crippen LogP contribution >= 0.6 is 11.6 Å². The van der Waals surface area contributed by atoms with E-state index in [1.54, 1.807) is 0 Å². The van der Waals surface area contributed by atoms with Crippen molar-refractivity contribution in [2.24, 2.45) is 0 Å². The van der Waals surface area contributed by atoms with Gasteiger partial charge in [0.1, 0.15) is 11.5 Å². The summed E-state index contributed by atoms with van der Waals surface area (Å²) >= 11 is 6.34. The van der Waals surface area contributed by atoms with Gasteiger partial charge in [-0.15, -0.1) is 0 Å². The van der Waals surface area contributed by atoms with E-state index in [2.05, 4.69) is 31.3 Å². The van der Waals surface area contributed by atoms with Gasteiger partial charge in [-0.3, -0.25) is 0 Å². The molecular formula is C18H20ClNO. The van der Waals surface area contributed by atoms with Crippen LogP contribution in [0, 0.1) is 13.8 Å². The fourth-order valence-corrected chi connectivity index (χ4v) is 2.48. The third-order valence-corrected chi connectivity index (χ3v) is 4.28. The molecule has 0 amide bonds. The normalized spacial score (nSPS) is 14.2. The molecule has 0 spiro atoms. The highest BCUT2D eigenvalue weighted by Crippen LogP contribution is 2.32. The van der Waals surface area contributed by atoms with Crippen LogP contribution in [0.2, 0.25) is 5.02 Å². The van der Waals surface area contributed by atoms with Crippen LogP contribution in [0.3, 0.4) is 0 Å². The zero-order valence-corrected chi connectivity index (χ0v) is 13.2. The first kappa shape index (κ1) is 14.4. The lowest BCUT2D eigenvalue weighted by Crippen LogP contribution is -2.16. The van der Waals surface area contributed by atoms with Crippen LogP contribution < -0.4 is 10.1 Å². The maximum atomic E-state index is 6.34. The third-order valence-electron chi connectivity index (χ3n) is 3.93. The number of halogens is 1. The minimum Gasteiger partial charge on any atom is -0.457 e. The van der Waals surface area contributed by atoms with E-state index in [0.717, 1.165) is 28.6 Å². The van der Waals surface area contributed by atoms with E-state index < -0.39 is 0 Å². The monoisotopic (exact) mass is 301 g/mol. The van der Waals surface area contributed by atoms with E-state index in [4.69, 9.17) is 16.3 Å². The minimum atomic E-state index is 0.649. The van der Waals surface area contributed by atoms with Crippen molar-refractivity contribution in [3.63, 3.8) is 0 Å². The molecule has 0 unspecified atom stereocenters. The van der Waals surface area contributed by atoms with Crippen LogP contribution in [-0.2, 0) is 6.54 Å². The van der Waals surface area contributed by atoms with Gasteiger partial charge in [0.05, 0.1) is 0 Å². The Hall–Kier alpha value is -1.51. The van der Waals surface area contributed by atoms with E-state index in [9.17, 15) is 0 Å². The van der Waals surface area contributed by atoms with Gasteiger partial charge in [-0.05, 0) is 62.1 Å². The fourth-order valence-electron chi connectivity index (χ4n) is 2.24. The topological polar surface area (TPSA) is 21.3 Å².